The summed E-state index contributed by atoms with van der Waals surface area (Å²) in [6.45, 7) is 0. The summed E-state index contributed by atoms with van der Waals surface area (Å²) < 4.78 is 148. The lowest BCUT2D eigenvalue weighted by Crippen LogP contribution is -2.66. The summed E-state index contributed by atoms with van der Waals surface area (Å²) in [6.07, 6.45) is -11.7. The van der Waals surface area contributed by atoms with E-state index in [1.807, 2.05) is 0 Å². The molecule has 0 bridgehead atoms. The molecule has 1 unspecified atom stereocenters. The maximum atomic E-state index is 13.8. The van der Waals surface area contributed by atoms with E-state index in [0.29, 0.717) is 7.11 Å². The standard InChI is InChI=1S/C15H10F11NO/c1-28-10(9-4-2-3-8(5-9)7-27)6-11(16,17)12(18,19)13(20,21)14(22,23)15(24,25)26/h2-5,10H,6H2,1H3. The van der Waals surface area contributed by atoms with Crippen LogP contribution in [0, 0.1) is 11.3 Å². The number of methoxy groups -OCH3 is 1. The number of ether oxygens (including phenoxy) is 1. The highest BCUT2D eigenvalue weighted by Gasteiger charge is 2.87. The molecule has 0 spiro atoms. The van der Waals surface area contributed by atoms with Crippen molar-refractivity contribution in [1.82, 2.24) is 0 Å². The van der Waals surface area contributed by atoms with Gasteiger partial charge in [0.05, 0.1) is 17.7 Å². The number of hydrogen-bond donors (Lipinski definition) is 0. The molecule has 0 amide bonds. The monoisotopic (exact) mass is 429 g/mol. The van der Waals surface area contributed by atoms with Crippen LogP contribution in [0.1, 0.15) is 23.7 Å². The third kappa shape index (κ3) is 3.87. The van der Waals surface area contributed by atoms with Crippen LogP contribution in [-0.4, -0.2) is 37.0 Å². The summed E-state index contributed by atoms with van der Waals surface area (Å²) in [5.74, 6) is -28.0. The fourth-order valence-corrected chi connectivity index (χ4v) is 2.11. The first kappa shape index (κ1) is 23.9. The normalized spacial score (nSPS) is 15.2. The molecule has 0 aliphatic carbocycles. The van der Waals surface area contributed by atoms with Crippen LogP contribution in [0.5, 0.6) is 0 Å². The molecule has 0 fully saturated rings. The van der Waals surface area contributed by atoms with Gasteiger partial charge in [0, 0.05) is 13.5 Å². The fourth-order valence-electron chi connectivity index (χ4n) is 2.11. The molecule has 0 aromatic heterocycles. The van der Waals surface area contributed by atoms with Crippen molar-refractivity contribution in [3.8, 4) is 6.07 Å². The van der Waals surface area contributed by atoms with Crippen molar-refractivity contribution in [3.63, 3.8) is 0 Å². The molecule has 0 N–H and O–H groups in total. The van der Waals surface area contributed by atoms with Gasteiger partial charge in [-0.05, 0) is 17.7 Å². The van der Waals surface area contributed by atoms with E-state index >= 15 is 0 Å². The third-order valence-electron chi connectivity index (χ3n) is 3.72. The third-order valence-corrected chi connectivity index (χ3v) is 3.72. The van der Waals surface area contributed by atoms with E-state index in [1.54, 1.807) is 6.07 Å². The van der Waals surface area contributed by atoms with Crippen molar-refractivity contribution in [1.29, 1.82) is 5.26 Å². The Morgan fingerprint density at radius 3 is 1.86 bits per heavy atom. The van der Waals surface area contributed by atoms with Gasteiger partial charge in [-0.1, -0.05) is 12.1 Å². The molecule has 158 valence electrons. The molecule has 1 atom stereocenters. The van der Waals surface area contributed by atoms with Gasteiger partial charge in [-0.15, -0.1) is 0 Å². The zero-order valence-corrected chi connectivity index (χ0v) is 13.6. The molecule has 0 heterocycles. The van der Waals surface area contributed by atoms with Crippen LogP contribution in [-0.2, 0) is 4.74 Å². The zero-order chi connectivity index (χ0) is 22.2. The predicted molar refractivity (Wildman–Crippen MR) is 71.4 cm³/mol. The summed E-state index contributed by atoms with van der Waals surface area (Å²) in [5.41, 5.74) is -0.550. The highest BCUT2D eigenvalue weighted by Crippen LogP contribution is 2.58. The Hall–Kier alpha value is -2.10. The lowest BCUT2D eigenvalue weighted by Gasteiger charge is -2.38. The number of benzene rings is 1. The van der Waals surface area contributed by atoms with Gasteiger partial charge in [0.15, 0.2) is 0 Å². The Balaban J connectivity index is 3.33. The lowest BCUT2D eigenvalue weighted by molar-refractivity contribution is -0.423. The Labute approximate surface area is 150 Å². The smallest absolute Gasteiger partial charge is 0.377 e. The van der Waals surface area contributed by atoms with Crippen LogP contribution in [0.4, 0.5) is 48.3 Å². The summed E-state index contributed by atoms with van der Waals surface area (Å²) in [4.78, 5) is 0. The molecule has 28 heavy (non-hydrogen) atoms. The molecule has 1 aromatic rings. The van der Waals surface area contributed by atoms with Crippen LogP contribution in [0.2, 0.25) is 0 Å². The second-order valence-corrected chi connectivity index (χ2v) is 5.59. The van der Waals surface area contributed by atoms with E-state index in [-0.39, 0.29) is 11.1 Å². The Bertz CT molecular complexity index is 736. The molecular formula is C15H10F11NO. The highest BCUT2D eigenvalue weighted by molar-refractivity contribution is 5.34. The Morgan fingerprint density at radius 1 is 0.893 bits per heavy atom. The van der Waals surface area contributed by atoms with Crippen LogP contribution >= 0.6 is 0 Å². The van der Waals surface area contributed by atoms with Gasteiger partial charge in [-0.25, -0.2) is 0 Å². The molecule has 0 aliphatic heterocycles. The summed E-state index contributed by atoms with van der Waals surface area (Å²) in [6, 6.07) is 5.68. The van der Waals surface area contributed by atoms with Gasteiger partial charge in [-0.3, -0.25) is 0 Å². The first-order chi connectivity index (χ1) is 12.5. The van der Waals surface area contributed by atoms with Crippen LogP contribution < -0.4 is 0 Å². The molecule has 13 heteroatoms. The van der Waals surface area contributed by atoms with E-state index in [4.69, 9.17) is 5.26 Å². The minimum atomic E-state index is -7.46. The molecule has 1 aromatic carbocycles. The van der Waals surface area contributed by atoms with E-state index < -0.39 is 42.4 Å². The van der Waals surface area contributed by atoms with Crippen molar-refractivity contribution >= 4 is 0 Å². The van der Waals surface area contributed by atoms with Gasteiger partial charge < -0.3 is 4.74 Å². The maximum absolute atomic E-state index is 13.8. The first-order valence-electron chi connectivity index (χ1n) is 7.07. The first-order valence-corrected chi connectivity index (χ1v) is 7.07. The number of halogens is 11. The number of alkyl halides is 11. The quantitative estimate of drug-likeness (QED) is 0.518. The average molecular weight is 429 g/mol. The number of rotatable bonds is 7. The van der Waals surface area contributed by atoms with Gasteiger partial charge in [-0.2, -0.15) is 53.6 Å². The molecule has 0 saturated carbocycles. The molecule has 0 aliphatic rings. The topological polar surface area (TPSA) is 33.0 Å². The van der Waals surface area contributed by atoms with E-state index in [9.17, 15) is 48.3 Å². The molecular weight excluding hydrogens is 419 g/mol. The van der Waals surface area contributed by atoms with Crippen LogP contribution in [0.15, 0.2) is 24.3 Å². The number of nitriles is 1. The second kappa shape index (κ2) is 7.38. The highest BCUT2D eigenvalue weighted by atomic mass is 19.4. The van der Waals surface area contributed by atoms with Crippen molar-refractivity contribution in [2.24, 2.45) is 0 Å². The number of nitrogens with zero attached hydrogens (tertiary/aromatic N) is 1. The number of hydrogen-bond acceptors (Lipinski definition) is 2. The average Bonchev–Trinajstić information content (AvgIpc) is 2.58. The van der Waals surface area contributed by atoms with E-state index in [0.717, 1.165) is 18.2 Å². The van der Waals surface area contributed by atoms with Crippen LogP contribution in [0.3, 0.4) is 0 Å². The lowest BCUT2D eigenvalue weighted by atomic mass is 9.92. The summed E-state index contributed by atoms with van der Waals surface area (Å²) in [5, 5.41) is 8.70. The van der Waals surface area contributed by atoms with Crippen LogP contribution in [0.25, 0.3) is 0 Å². The molecule has 0 radical (unpaired) electrons. The van der Waals surface area contributed by atoms with Crippen molar-refractivity contribution < 1.29 is 53.0 Å². The molecule has 2 nitrogen and oxygen atoms in total. The molecule has 1 rings (SSSR count). The zero-order valence-electron chi connectivity index (χ0n) is 13.6. The predicted octanol–water partition coefficient (Wildman–Crippen LogP) is 5.74. The SMILES string of the molecule is COC(CC(F)(F)C(F)(F)C(F)(F)C(F)(F)C(F)(F)F)c1cccc(C#N)c1. The van der Waals surface area contributed by atoms with E-state index in [1.165, 1.54) is 6.07 Å². The second-order valence-electron chi connectivity index (χ2n) is 5.59. The summed E-state index contributed by atoms with van der Waals surface area (Å²) >= 11 is 0. The summed E-state index contributed by atoms with van der Waals surface area (Å²) in [7, 11) is 0.681. The van der Waals surface area contributed by atoms with Gasteiger partial charge in [0.2, 0.25) is 0 Å². The van der Waals surface area contributed by atoms with Crippen molar-refractivity contribution in [2.75, 3.05) is 7.11 Å². The van der Waals surface area contributed by atoms with Gasteiger partial charge >= 0.3 is 29.9 Å². The van der Waals surface area contributed by atoms with Gasteiger partial charge in [0.1, 0.15) is 0 Å². The van der Waals surface area contributed by atoms with E-state index in [2.05, 4.69) is 4.74 Å². The largest absolute Gasteiger partial charge is 0.460 e. The minimum Gasteiger partial charge on any atom is -0.377 e. The van der Waals surface area contributed by atoms with Crippen molar-refractivity contribution in [3.05, 3.63) is 35.4 Å². The molecule has 0 saturated heterocycles. The van der Waals surface area contributed by atoms with Crippen molar-refractivity contribution in [2.45, 2.75) is 42.4 Å². The Morgan fingerprint density at radius 2 is 1.43 bits per heavy atom. The Kier molecular flexibility index (Phi) is 6.31. The minimum absolute atomic E-state index is 0.163. The fraction of sp³-hybridized carbons (Fsp3) is 0.533. The maximum Gasteiger partial charge on any atom is 0.460 e. The van der Waals surface area contributed by atoms with Gasteiger partial charge in [0.25, 0.3) is 0 Å².